The molecular weight excluding hydrogens is 334 g/mol. The molecule has 1 aromatic heterocycles. The van der Waals surface area contributed by atoms with Gasteiger partial charge in [0.1, 0.15) is 4.60 Å². The molecule has 0 aliphatic rings. The van der Waals surface area contributed by atoms with Crippen LogP contribution in [0.25, 0.3) is 0 Å². The van der Waals surface area contributed by atoms with E-state index >= 15 is 0 Å². The number of pyridine rings is 1. The summed E-state index contributed by atoms with van der Waals surface area (Å²) in [5, 5.41) is 0.253. The van der Waals surface area contributed by atoms with E-state index in [-0.39, 0.29) is 11.1 Å². The maximum absolute atomic E-state index is 6.16. The monoisotopic (exact) mass is 359 g/mol. The molecule has 1 aromatic rings. The first kappa shape index (κ1) is 17.7. The molecule has 0 unspecified atom stereocenters. The minimum atomic E-state index is -1.65. The van der Waals surface area contributed by atoms with Crippen molar-refractivity contribution in [1.29, 1.82) is 0 Å². The fourth-order valence-electron chi connectivity index (χ4n) is 1.43. The van der Waals surface area contributed by atoms with E-state index in [2.05, 4.69) is 61.7 Å². The topological polar surface area (TPSA) is 31.4 Å². The second kappa shape index (κ2) is 7.05. The van der Waals surface area contributed by atoms with Crippen LogP contribution in [0.1, 0.15) is 34.1 Å². The van der Waals surface area contributed by atoms with Crippen molar-refractivity contribution < 1.29 is 9.16 Å². The molecule has 0 spiro atoms. The van der Waals surface area contributed by atoms with Gasteiger partial charge >= 0.3 is 0 Å². The van der Waals surface area contributed by atoms with Crippen molar-refractivity contribution in [2.45, 2.75) is 58.4 Å². The number of ether oxygens (including phenoxy) is 1. The zero-order valence-electron chi connectivity index (χ0n) is 13.4. The Kier molecular flexibility index (Phi) is 6.22. The third kappa shape index (κ3) is 5.18. The first-order valence-electron chi connectivity index (χ1n) is 7.04. The molecule has 0 bridgehead atoms. The number of nitrogens with zero attached hydrogens (tertiary/aromatic N) is 1. The van der Waals surface area contributed by atoms with Crippen LogP contribution in [0.15, 0.2) is 22.9 Å². The Hall–Kier alpha value is -0.393. The van der Waals surface area contributed by atoms with Gasteiger partial charge in [0.05, 0.1) is 6.10 Å². The SMILES string of the molecule is C[C@H](CCO[Si](C)(C)C(C)(C)C)Oc1cccnc1Br. The van der Waals surface area contributed by atoms with Gasteiger partial charge in [-0.2, -0.15) is 0 Å². The van der Waals surface area contributed by atoms with Crippen molar-refractivity contribution in [3.63, 3.8) is 0 Å². The highest BCUT2D eigenvalue weighted by atomic mass is 79.9. The average Bonchev–Trinajstić information content (AvgIpc) is 2.30. The van der Waals surface area contributed by atoms with Gasteiger partial charge in [-0.3, -0.25) is 0 Å². The fourth-order valence-corrected chi connectivity index (χ4v) is 2.84. The molecule has 0 aromatic carbocycles. The van der Waals surface area contributed by atoms with Crippen LogP contribution in [-0.4, -0.2) is 26.0 Å². The molecular formula is C15H26BrNO2Si. The van der Waals surface area contributed by atoms with Gasteiger partial charge in [0.2, 0.25) is 0 Å². The molecule has 3 nitrogen and oxygen atoms in total. The quantitative estimate of drug-likeness (QED) is 0.527. The van der Waals surface area contributed by atoms with Gasteiger partial charge < -0.3 is 9.16 Å². The molecule has 1 heterocycles. The van der Waals surface area contributed by atoms with Crippen molar-refractivity contribution >= 4 is 24.2 Å². The van der Waals surface area contributed by atoms with E-state index in [0.717, 1.165) is 23.4 Å². The maximum Gasteiger partial charge on any atom is 0.191 e. The summed E-state index contributed by atoms with van der Waals surface area (Å²) in [4.78, 5) is 4.15. The first-order chi connectivity index (χ1) is 9.13. The number of hydrogen-bond donors (Lipinski definition) is 0. The Labute approximate surface area is 132 Å². The van der Waals surface area contributed by atoms with Gasteiger partial charge in [-0.1, -0.05) is 20.8 Å². The van der Waals surface area contributed by atoms with E-state index in [4.69, 9.17) is 9.16 Å². The standard InChI is InChI=1S/C15H26BrNO2Si/c1-12(19-13-8-7-10-17-14(13)16)9-11-18-20(5,6)15(2,3)4/h7-8,10,12H,9,11H2,1-6H3/t12-/m1/s1. The normalized spacial score (nSPS) is 14.2. The lowest BCUT2D eigenvalue weighted by atomic mass is 10.2. The summed E-state index contributed by atoms with van der Waals surface area (Å²) >= 11 is 3.39. The largest absolute Gasteiger partial charge is 0.488 e. The summed E-state index contributed by atoms with van der Waals surface area (Å²) in [6.07, 6.45) is 2.73. The van der Waals surface area contributed by atoms with Crippen molar-refractivity contribution in [2.75, 3.05) is 6.61 Å². The van der Waals surface area contributed by atoms with E-state index in [1.54, 1.807) is 6.20 Å². The smallest absolute Gasteiger partial charge is 0.191 e. The summed E-state index contributed by atoms with van der Waals surface area (Å²) in [6.45, 7) is 14.1. The Morgan fingerprint density at radius 1 is 1.35 bits per heavy atom. The van der Waals surface area contributed by atoms with Gasteiger partial charge in [0.25, 0.3) is 0 Å². The predicted molar refractivity (Wildman–Crippen MR) is 89.8 cm³/mol. The Bertz CT molecular complexity index is 432. The van der Waals surface area contributed by atoms with E-state index in [1.165, 1.54) is 0 Å². The van der Waals surface area contributed by atoms with E-state index < -0.39 is 8.32 Å². The molecule has 0 aliphatic carbocycles. The molecule has 1 atom stereocenters. The molecule has 5 heteroatoms. The Balaban J connectivity index is 2.42. The van der Waals surface area contributed by atoms with Crippen LogP contribution in [0.3, 0.4) is 0 Å². The lowest BCUT2D eigenvalue weighted by Crippen LogP contribution is -2.41. The maximum atomic E-state index is 6.16. The Morgan fingerprint density at radius 3 is 2.55 bits per heavy atom. The molecule has 1 rings (SSSR count). The average molecular weight is 360 g/mol. The molecule has 114 valence electrons. The molecule has 20 heavy (non-hydrogen) atoms. The van der Waals surface area contributed by atoms with Crippen molar-refractivity contribution in [3.8, 4) is 5.75 Å². The van der Waals surface area contributed by atoms with Crippen LogP contribution >= 0.6 is 15.9 Å². The minimum Gasteiger partial charge on any atom is -0.488 e. The minimum absolute atomic E-state index is 0.111. The van der Waals surface area contributed by atoms with Crippen LogP contribution in [0.4, 0.5) is 0 Å². The van der Waals surface area contributed by atoms with Crippen LogP contribution in [-0.2, 0) is 4.43 Å². The van der Waals surface area contributed by atoms with Crippen molar-refractivity contribution in [3.05, 3.63) is 22.9 Å². The zero-order valence-corrected chi connectivity index (χ0v) is 16.0. The van der Waals surface area contributed by atoms with Crippen molar-refractivity contribution in [2.24, 2.45) is 0 Å². The number of rotatable bonds is 6. The van der Waals surface area contributed by atoms with Crippen LogP contribution < -0.4 is 4.74 Å². The van der Waals surface area contributed by atoms with E-state index in [9.17, 15) is 0 Å². The summed E-state index contributed by atoms with van der Waals surface area (Å²) in [5.74, 6) is 0.785. The van der Waals surface area contributed by atoms with E-state index in [0.29, 0.717) is 0 Å². The third-order valence-corrected chi connectivity index (χ3v) is 8.98. The number of hydrogen-bond acceptors (Lipinski definition) is 3. The van der Waals surface area contributed by atoms with Gasteiger partial charge in [-0.15, -0.1) is 0 Å². The van der Waals surface area contributed by atoms with Crippen molar-refractivity contribution in [1.82, 2.24) is 4.98 Å². The van der Waals surface area contributed by atoms with Gasteiger partial charge in [-0.25, -0.2) is 4.98 Å². The highest BCUT2D eigenvalue weighted by molar-refractivity contribution is 9.10. The van der Waals surface area contributed by atoms with Crippen LogP contribution in [0.5, 0.6) is 5.75 Å². The molecule has 0 fully saturated rings. The second-order valence-corrected chi connectivity index (χ2v) is 12.2. The lowest BCUT2D eigenvalue weighted by Gasteiger charge is -2.36. The molecule has 0 aliphatic heterocycles. The fraction of sp³-hybridized carbons (Fsp3) is 0.667. The molecule has 0 saturated heterocycles. The van der Waals surface area contributed by atoms with Crippen LogP contribution in [0.2, 0.25) is 18.1 Å². The summed E-state index contributed by atoms with van der Waals surface area (Å²) in [7, 11) is -1.65. The predicted octanol–water partition coefficient (Wildman–Crippen LogP) is 5.02. The first-order valence-corrected chi connectivity index (χ1v) is 10.7. The molecule has 0 amide bonds. The van der Waals surface area contributed by atoms with E-state index in [1.807, 2.05) is 12.1 Å². The van der Waals surface area contributed by atoms with Gasteiger partial charge in [0, 0.05) is 19.2 Å². The second-order valence-electron chi connectivity index (χ2n) is 6.62. The molecule has 0 N–H and O–H groups in total. The molecule has 0 radical (unpaired) electrons. The van der Waals surface area contributed by atoms with Crippen LogP contribution in [0, 0.1) is 0 Å². The number of halogens is 1. The Morgan fingerprint density at radius 2 is 2.00 bits per heavy atom. The number of aromatic nitrogens is 1. The van der Waals surface area contributed by atoms with Gasteiger partial charge in [0.15, 0.2) is 14.1 Å². The zero-order chi connectivity index (χ0) is 15.4. The summed E-state index contributed by atoms with van der Waals surface area (Å²) in [5.41, 5.74) is 0. The lowest BCUT2D eigenvalue weighted by molar-refractivity contribution is 0.169. The highest BCUT2D eigenvalue weighted by Gasteiger charge is 2.36. The summed E-state index contributed by atoms with van der Waals surface area (Å²) < 4.78 is 12.8. The summed E-state index contributed by atoms with van der Waals surface area (Å²) in [6, 6.07) is 3.79. The van der Waals surface area contributed by atoms with Gasteiger partial charge in [-0.05, 0) is 53.1 Å². The highest BCUT2D eigenvalue weighted by Crippen LogP contribution is 2.36. The third-order valence-electron chi connectivity index (χ3n) is 3.85. The molecule has 0 saturated carbocycles.